The highest BCUT2D eigenvalue weighted by Crippen LogP contribution is 2.33. The summed E-state index contributed by atoms with van der Waals surface area (Å²) in [5.41, 5.74) is 1.78. The standard InChI is InChI=1S/C36H40ClN3O7S/c1-5-38-36(42)32(22-26-10-8-7-9-11-26)39(24-27-12-14-28(37)15-13-27)35(41)25-40(29-16-18-30(19-17-29)47-6-2)48(43,44)31-20-21-33(45-3)34(23-31)46-4/h7-21,23,32H,5-6,22,24-25H2,1-4H3,(H,38,42)/t32-/m0/s1. The Kier molecular flexibility index (Phi) is 12.7. The minimum atomic E-state index is -4.37. The van der Waals surface area contributed by atoms with Crippen molar-refractivity contribution in [2.45, 2.75) is 37.8 Å². The molecule has 0 saturated carbocycles. The zero-order valence-electron chi connectivity index (χ0n) is 27.4. The quantitative estimate of drug-likeness (QED) is 0.160. The van der Waals surface area contributed by atoms with E-state index in [1.54, 1.807) is 55.5 Å². The maximum atomic E-state index is 14.6. The molecule has 2 amide bonds. The van der Waals surface area contributed by atoms with Gasteiger partial charge in [0.15, 0.2) is 11.5 Å². The lowest BCUT2D eigenvalue weighted by atomic mass is 10.0. The lowest BCUT2D eigenvalue weighted by Crippen LogP contribution is -2.53. The second kappa shape index (κ2) is 16.9. The summed E-state index contributed by atoms with van der Waals surface area (Å²) in [7, 11) is -1.51. The second-order valence-electron chi connectivity index (χ2n) is 10.7. The van der Waals surface area contributed by atoms with Gasteiger partial charge in [-0.1, -0.05) is 54.1 Å². The van der Waals surface area contributed by atoms with Gasteiger partial charge in [0.2, 0.25) is 11.8 Å². The van der Waals surface area contributed by atoms with Crippen molar-refractivity contribution in [3.8, 4) is 17.2 Å². The summed E-state index contributed by atoms with van der Waals surface area (Å²) < 4.78 is 46.1. The van der Waals surface area contributed by atoms with Crippen molar-refractivity contribution in [3.63, 3.8) is 0 Å². The van der Waals surface area contributed by atoms with Gasteiger partial charge in [0.1, 0.15) is 18.3 Å². The molecule has 1 N–H and O–H groups in total. The molecule has 10 nitrogen and oxygen atoms in total. The number of hydrogen-bond donors (Lipinski definition) is 1. The van der Waals surface area contributed by atoms with E-state index in [2.05, 4.69) is 5.32 Å². The summed E-state index contributed by atoms with van der Waals surface area (Å²) in [5, 5.41) is 3.37. The largest absolute Gasteiger partial charge is 0.494 e. The van der Waals surface area contributed by atoms with E-state index in [9.17, 15) is 18.0 Å². The number of ether oxygens (including phenoxy) is 3. The van der Waals surface area contributed by atoms with Crippen molar-refractivity contribution >= 4 is 39.1 Å². The number of sulfonamides is 1. The number of likely N-dealkylation sites (N-methyl/N-ethyl adjacent to an activating group) is 1. The first kappa shape index (κ1) is 36.1. The van der Waals surface area contributed by atoms with E-state index in [1.807, 2.05) is 37.3 Å². The van der Waals surface area contributed by atoms with Crippen molar-refractivity contribution in [1.82, 2.24) is 10.2 Å². The Morgan fingerprint density at radius 2 is 1.50 bits per heavy atom. The first-order valence-electron chi connectivity index (χ1n) is 15.4. The fourth-order valence-electron chi connectivity index (χ4n) is 5.14. The molecule has 48 heavy (non-hydrogen) atoms. The summed E-state index contributed by atoms with van der Waals surface area (Å²) in [4.78, 5) is 29.5. The maximum absolute atomic E-state index is 14.6. The van der Waals surface area contributed by atoms with Gasteiger partial charge < -0.3 is 24.4 Å². The number of nitrogens with zero attached hydrogens (tertiary/aromatic N) is 2. The summed E-state index contributed by atoms with van der Waals surface area (Å²) in [5.74, 6) is 0.147. The smallest absolute Gasteiger partial charge is 0.264 e. The molecule has 0 bridgehead atoms. The minimum absolute atomic E-state index is 0.0260. The minimum Gasteiger partial charge on any atom is -0.494 e. The van der Waals surface area contributed by atoms with Crippen molar-refractivity contribution in [1.29, 1.82) is 0 Å². The van der Waals surface area contributed by atoms with E-state index < -0.39 is 28.5 Å². The molecule has 0 aliphatic heterocycles. The summed E-state index contributed by atoms with van der Waals surface area (Å²) >= 11 is 6.15. The summed E-state index contributed by atoms with van der Waals surface area (Å²) in [6, 6.07) is 26.0. The Labute approximate surface area is 287 Å². The Morgan fingerprint density at radius 1 is 0.833 bits per heavy atom. The molecule has 0 radical (unpaired) electrons. The molecule has 4 rings (SSSR count). The summed E-state index contributed by atoms with van der Waals surface area (Å²) in [6.45, 7) is 3.83. The third-order valence-corrected chi connectivity index (χ3v) is 9.57. The van der Waals surface area contributed by atoms with Gasteiger partial charge in [-0.25, -0.2) is 8.42 Å². The van der Waals surface area contributed by atoms with Gasteiger partial charge in [-0.3, -0.25) is 13.9 Å². The predicted octanol–water partition coefficient (Wildman–Crippen LogP) is 5.73. The SMILES string of the molecule is CCNC(=O)[C@H](Cc1ccccc1)N(Cc1ccc(Cl)cc1)C(=O)CN(c1ccc(OCC)cc1)S(=O)(=O)c1ccc(OC)c(OC)c1. The van der Waals surface area contributed by atoms with E-state index in [1.165, 1.54) is 37.3 Å². The normalized spacial score (nSPS) is 11.7. The molecule has 0 aliphatic rings. The average molecular weight is 694 g/mol. The topological polar surface area (TPSA) is 114 Å². The second-order valence-corrected chi connectivity index (χ2v) is 13.0. The first-order valence-corrected chi connectivity index (χ1v) is 17.3. The van der Waals surface area contributed by atoms with Crippen molar-refractivity contribution in [2.24, 2.45) is 0 Å². The molecule has 4 aromatic carbocycles. The van der Waals surface area contributed by atoms with Crippen LogP contribution in [0.2, 0.25) is 5.02 Å². The first-order chi connectivity index (χ1) is 23.1. The van der Waals surface area contributed by atoms with E-state index in [-0.39, 0.29) is 35.2 Å². The van der Waals surface area contributed by atoms with Gasteiger partial charge in [0.25, 0.3) is 10.0 Å². The highest BCUT2D eigenvalue weighted by atomic mass is 35.5. The molecule has 12 heteroatoms. The van der Waals surface area contributed by atoms with Crippen LogP contribution < -0.4 is 23.8 Å². The molecule has 0 unspecified atom stereocenters. The number of hydrogen-bond acceptors (Lipinski definition) is 7. The predicted molar refractivity (Wildman–Crippen MR) is 186 cm³/mol. The fourth-order valence-corrected chi connectivity index (χ4v) is 6.70. The van der Waals surface area contributed by atoms with Crippen LogP contribution in [-0.4, -0.2) is 65.1 Å². The van der Waals surface area contributed by atoms with Gasteiger partial charge in [-0.05, 0) is 73.5 Å². The molecule has 0 saturated heterocycles. The van der Waals surface area contributed by atoms with Crippen LogP contribution in [0, 0.1) is 0 Å². The third kappa shape index (κ3) is 8.99. The highest BCUT2D eigenvalue weighted by molar-refractivity contribution is 7.92. The zero-order valence-corrected chi connectivity index (χ0v) is 29.0. The molecular formula is C36H40ClN3O7S. The Hall–Kier alpha value is -4.74. The molecular weight excluding hydrogens is 654 g/mol. The van der Waals surface area contributed by atoms with Gasteiger partial charge in [-0.2, -0.15) is 0 Å². The summed E-state index contributed by atoms with van der Waals surface area (Å²) in [6.07, 6.45) is 0.206. The fraction of sp³-hybridized carbons (Fsp3) is 0.278. The maximum Gasteiger partial charge on any atom is 0.264 e. The van der Waals surface area contributed by atoms with Crippen LogP contribution in [-0.2, 0) is 32.6 Å². The Morgan fingerprint density at radius 3 is 2.10 bits per heavy atom. The number of halogens is 1. The molecule has 0 spiro atoms. The number of carbonyl (C=O) groups excluding carboxylic acids is 2. The van der Waals surface area contributed by atoms with Crippen molar-refractivity contribution < 1.29 is 32.2 Å². The molecule has 4 aromatic rings. The van der Waals surface area contributed by atoms with Gasteiger partial charge in [0, 0.05) is 30.6 Å². The van der Waals surface area contributed by atoms with Crippen LogP contribution in [0.3, 0.4) is 0 Å². The Bertz CT molecular complexity index is 1770. The van der Waals surface area contributed by atoms with Gasteiger partial charge >= 0.3 is 0 Å². The van der Waals surface area contributed by atoms with E-state index >= 15 is 0 Å². The highest BCUT2D eigenvalue weighted by Gasteiger charge is 2.35. The van der Waals surface area contributed by atoms with E-state index in [4.69, 9.17) is 25.8 Å². The number of methoxy groups -OCH3 is 2. The van der Waals surface area contributed by atoms with Gasteiger partial charge in [0.05, 0.1) is 31.4 Å². The van der Waals surface area contributed by atoms with Crippen LogP contribution in [0.5, 0.6) is 17.2 Å². The monoisotopic (exact) mass is 693 g/mol. The van der Waals surface area contributed by atoms with Crippen molar-refractivity contribution in [2.75, 3.05) is 38.2 Å². The lowest BCUT2D eigenvalue weighted by molar-refractivity contribution is -0.140. The number of nitrogens with one attached hydrogen (secondary N) is 1. The number of anilines is 1. The molecule has 0 fully saturated rings. The number of rotatable bonds is 16. The molecule has 0 heterocycles. The van der Waals surface area contributed by atoms with Crippen LogP contribution in [0.1, 0.15) is 25.0 Å². The van der Waals surface area contributed by atoms with E-state index in [0.29, 0.717) is 35.2 Å². The Balaban J connectivity index is 1.82. The van der Waals surface area contributed by atoms with Crippen molar-refractivity contribution in [3.05, 3.63) is 113 Å². The van der Waals surface area contributed by atoms with Crippen LogP contribution in [0.15, 0.2) is 102 Å². The molecule has 254 valence electrons. The van der Waals surface area contributed by atoms with Gasteiger partial charge in [-0.15, -0.1) is 0 Å². The zero-order chi connectivity index (χ0) is 34.7. The molecule has 0 aliphatic carbocycles. The average Bonchev–Trinajstić information content (AvgIpc) is 3.10. The van der Waals surface area contributed by atoms with Crippen LogP contribution >= 0.6 is 11.6 Å². The number of carbonyl (C=O) groups is 2. The number of benzene rings is 4. The lowest BCUT2D eigenvalue weighted by Gasteiger charge is -2.34. The van der Waals surface area contributed by atoms with E-state index in [0.717, 1.165) is 9.87 Å². The van der Waals surface area contributed by atoms with Crippen LogP contribution in [0.4, 0.5) is 5.69 Å². The van der Waals surface area contributed by atoms with Crippen LogP contribution in [0.25, 0.3) is 0 Å². The third-order valence-electron chi connectivity index (χ3n) is 7.55. The molecule has 1 atom stereocenters. The number of amides is 2. The molecule has 0 aromatic heterocycles.